The molecule has 0 aliphatic rings. The van der Waals surface area contributed by atoms with E-state index in [-0.39, 0.29) is 23.7 Å². The predicted octanol–water partition coefficient (Wildman–Crippen LogP) is 0.868. The summed E-state index contributed by atoms with van der Waals surface area (Å²) in [5, 5.41) is 28.4. The third-order valence-corrected chi connectivity index (χ3v) is 2.14. The van der Waals surface area contributed by atoms with Gasteiger partial charge in [-0.15, -0.1) is 0 Å². The summed E-state index contributed by atoms with van der Waals surface area (Å²) in [7, 11) is 0. The molecule has 1 atom stereocenters. The third kappa shape index (κ3) is 2.43. The monoisotopic (exact) mass is 226 g/mol. The Hall–Kier alpha value is -1.75. The number of rotatable bonds is 3. The van der Waals surface area contributed by atoms with Crippen LogP contribution >= 0.6 is 0 Å². The molecule has 16 heavy (non-hydrogen) atoms. The number of carbonyl (C=O) groups is 1. The van der Waals surface area contributed by atoms with Crippen LogP contribution in [0.2, 0.25) is 0 Å². The molecule has 0 aromatic heterocycles. The molecule has 5 heteroatoms. The lowest BCUT2D eigenvalue weighted by Crippen LogP contribution is -2.34. The minimum absolute atomic E-state index is 0.0726. The second kappa shape index (κ2) is 4.40. The van der Waals surface area contributed by atoms with Gasteiger partial charge in [0.15, 0.2) is 5.60 Å². The minimum Gasteiger partial charge on any atom is -0.508 e. The van der Waals surface area contributed by atoms with E-state index in [2.05, 4.69) is 4.74 Å². The highest BCUT2D eigenvalue weighted by atomic mass is 16.5. The van der Waals surface area contributed by atoms with Crippen molar-refractivity contribution < 1.29 is 24.9 Å². The molecule has 0 fully saturated rings. The first-order valence-corrected chi connectivity index (χ1v) is 4.81. The number of carbonyl (C=O) groups excluding carboxylic acids is 1. The maximum absolute atomic E-state index is 11.5. The van der Waals surface area contributed by atoms with Gasteiger partial charge >= 0.3 is 5.97 Å². The van der Waals surface area contributed by atoms with Gasteiger partial charge in [-0.1, -0.05) is 0 Å². The molecule has 0 saturated carbocycles. The Morgan fingerprint density at radius 2 is 1.81 bits per heavy atom. The summed E-state index contributed by atoms with van der Waals surface area (Å²) in [5.41, 5.74) is -1.82. The van der Waals surface area contributed by atoms with Crippen LogP contribution < -0.4 is 0 Å². The van der Waals surface area contributed by atoms with Crippen molar-refractivity contribution in [2.24, 2.45) is 0 Å². The molecule has 3 N–H and O–H groups in total. The average Bonchev–Trinajstić information content (AvgIpc) is 2.16. The first-order chi connectivity index (χ1) is 7.37. The van der Waals surface area contributed by atoms with Crippen molar-refractivity contribution in [3.05, 3.63) is 23.8 Å². The van der Waals surface area contributed by atoms with Gasteiger partial charge in [0, 0.05) is 11.6 Å². The van der Waals surface area contributed by atoms with Crippen LogP contribution in [0.15, 0.2) is 18.2 Å². The minimum atomic E-state index is -1.90. The highest BCUT2D eigenvalue weighted by Gasteiger charge is 2.34. The fourth-order valence-electron chi connectivity index (χ4n) is 1.27. The molecule has 1 unspecified atom stereocenters. The van der Waals surface area contributed by atoms with Crippen molar-refractivity contribution in [1.29, 1.82) is 0 Å². The number of hydrogen-bond donors (Lipinski definition) is 3. The number of aromatic hydroxyl groups is 2. The average molecular weight is 226 g/mol. The number of esters is 1. The SMILES string of the molecule is CCOC(=O)C(C)(O)c1cc(O)cc(O)c1. The molecule has 1 aromatic carbocycles. The van der Waals surface area contributed by atoms with Crippen LogP contribution in [0.1, 0.15) is 19.4 Å². The Kier molecular flexibility index (Phi) is 3.39. The number of ether oxygens (including phenoxy) is 1. The van der Waals surface area contributed by atoms with E-state index in [1.807, 2.05) is 0 Å². The predicted molar refractivity (Wildman–Crippen MR) is 56.0 cm³/mol. The van der Waals surface area contributed by atoms with E-state index in [0.717, 1.165) is 6.07 Å². The van der Waals surface area contributed by atoms with Crippen LogP contribution in [0.4, 0.5) is 0 Å². The van der Waals surface area contributed by atoms with Gasteiger partial charge in [0.25, 0.3) is 0 Å². The van der Waals surface area contributed by atoms with Crippen molar-refractivity contribution in [2.45, 2.75) is 19.4 Å². The zero-order valence-corrected chi connectivity index (χ0v) is 9.10. The molecule has 0 aliphatic heterocycles. The fraction of sp³-hybridized carbons (Fsp3) is 0.364. The molecular formula is C11H14O5. The number of hydrogen-bond acceptors (Lipinski definition) is 5. The van der Waals surface area contributed by atoms with Crippen molar-refractivity contribution in [1.82, 2.24) is 0 Å². The summed E-state index contributed by atoms with van der Waals surface area (Å²) >= 11 is 0. The first kappa shape index (κ1) is 12.3. The number of phenols is 2. The summed E-state index contributed by atoms with van der Waals surface area (Å²) in [5.74, 6) is -1.31. The molecule has 0 aliphatic carbocycles. The standard InChI is InChI=1S/C11H14O5/c1-3-16-10(14)11(2,15)7-4-8(12)6-9(13)5-7/h4-6,12-13,15H,3H2,1-2H3. The van der Waals surface area contributed by atoms with Crippen molar-refractivity contribution in [3.8, 4) is 11.5 Å². The lowest BCUT2D eigenvalue weighted by Gasteiger charge is -2.21. The first-order valence-electron chi connectivity index (χ1n) is 4.81. The molecule has 1 rings (SSSR count). The van der Waals surface area contributed by atoms with E-state index in [4.69, 9.17) is 0 Å². The summed E-state index contributed by atoms with van der Waals surface area (Å²) in [4.78, 5) is 11.5. The van der Waals surface area contributed by atoms with E-state index in [0.29, 0.717) is 0 Å². The number of aliphatic hydroxyl groups is 1. The normalized spacial score (nSPS) is 14.2. The van der Waals surface area contributed by atoms with Crippen LogP contribution in [0, 0.1) is 0 Å². The van der Waals surface area contributed by atoms with Crippen LogP contribution in [-0.2, 0) is 15.1 Å². The second-order valence-electron chi connectivity index (χ2n) is 3.53. The van der Waals surface area contributed by atoms with Crippen molar-refractivity contribution in [3.63, 3.8) is 0 Å². The lowest BCUT2D eigenvalue weighted by molar-refractivity contribution is -0.164. The van der Waals surface area contributed by atoms with Gasteiger partial charge in [-0.05, 0) is 26.0 Å². The molecule has 0 amide bonds. The van der Waals surface area contributed by atoms with Gasteiger partial charge in [0.1, 0.15) is 11.5 Å². The van der Waals surface area contributed by atoms with Gasteiger partial charge in [0.2, 0.25) is 0 Å². The van der Waals surface area contributed by atoms with Gasteiger partial charge in [-0.25, -0.2) is 4.79 Å². The summed E-state index contributed by atoms with van der Waals surface area (Å²) in [6, 6.07) is 3.48. The van der Waals surface area contributed by atoms with E-state index in [1.165, 1.54) is 19.1 Å². The fourth-order valence-corrected chi connectivity index (χ4v) is 1.27. The third-order valence-electron chi connectivity index (χ3n) is 2.14. The Morgan fingerprint density at radius 1 is 1.31 bits per heavy atom. The smallest absolute Gasteiger partial charge is 0.342 e. The van der Waals surface area contributed by atoms with E-state index >= 15 is 0 Å². The molecular weight excluding hydrogens is 212 g/mol. The summed E-state index contributed by atoms with van der Waals surface area (Å²) in [6.07, 6.45) is 0. The zero-order valence-electron chi connectivity index (χ0n) is 9.10. The van der Waals surface area contributed by atoms with Gasteiger partial charge in [-0.3, -0.25) is 0 Å². The zero-order chi connectivity index (χ0) is 12.3. The molecule has 88 valence electrons. The van der Waals surface area contributed by atoms with E-state index in [9.17, 15) is 20.1 Å². The van der Waals surface area contributed by atoms with Crippen LogP contribution in [0.5, 0.6) is 11.5 Å². The number of benzene rings is 1. The molecule has 0 heterocycles. The Bertz CT molecular complexity index is 377. The van der Waals surface area contributed by atoms with E-state index < -0.39 is 11.6 Å². The highest BCUT2D eigenvalue weighted by Crippen LogP contribution is 2.29. The summed E-state index contributed by atoms with van der Waals surface area (Å²) < 4.78 is 4.69. The van der Waals surface area contributed by atoms with Gasteiger partial charge < -0.3 is 20.1 Å². The molecule has 0 spiro atoms. The van der Waals surface area contributed by atoms with E-state index in [1.54, 1.807) is 6.92 Å². The van der Waals surface area contributed by atoms with Crippen LogP contribution in [-0.4, -0.2) is 27.9 Å². The van der Waals surface area contributed by atoms with Crippen LogP contribution in [0.25, 0.3) is 0 Å². The largest absolute Gasteiger partial charge is 0.508 e. The second-order valence-corrected chi connectivity index (χ2v) is 3.53. The Labute approximate surface area is 92.9 Å². The maximum atomic E-state index is 11.5. The number of phenolic OH excluding ortho intramolecular Hbond substituents is 2. The van der Waals surface area contributed by atoms with Crippen LogP contribution in [0.3, 0.4) is 0 Å². The highest BCUT2D eigenvalue weighted by molar-refractivity contribution is 5.80. The quantitative estimate of drug-likeness (QED) is 0.666. The molecule has 0 saturated heterocycles. The van der Waals surface area contributed by atoms with Crippen molar-refractivity contribution in [2.75, 3.05) is 6.61 Å². The topological polar surface area (TPSA) is 87.0 Å². The van der Waals surface area contributed by atoms with Crippen molar-refractivity contribution >= 4 is 5.97 Å². The van der Waals surface area contributed by atoms with Gasteiger partial charge in [0.05, 0.1) is 6.61 Å². The molecule has 0 radical (unpaired) electrons. The molecule has 1 aromatic rings. The van der Waals surface area contributed by atoms with Gasteiger partial charge in [-0.2, -0.15) is 0 Å². The Balaban J connectivity index is 3.10. The molecule has 5 nitrogen and oxygen atoms in total. The maximum Gasteiger partial charge on any atom is 0.342 e. The summed E-state index contributed by atoms with van der Waals surface area (Å²) in [6.45, 7) is 2.99. The Morgan fingerprint density at radius 3 is 2.25 bits per heavy atom. The lowest BCUT2D eigenvalue weighted by atomic mass is 9.96. The molecule has 0 bridgehead atoms.